The molecule has 1 aliphatic rings. The minimum Gasteiger partial charge on any atom is -0.466 e. The van der Waals surface area contributed by atoms with Crippen molar-refractivity contribution in [2.45, 2.75) is 50.3 Å². The maximum Gasteiger partial charge on any atom is 0.306 e. The highest BCUT2D eigenvalue weighted by Gasteiger charge is 2.13. The number of ether oxygens (including phenoxy) is 1. The van der Waals surface area contributed by atoms with E-state index in [0.717, 1.165) is 6.42 Å². The standard InChI is InChI=1S/C12H19BrO2/c1-2-15-12(14)5-3-4-10-6-8-11(13)9-7-10/h4,11H,2-3,5-9H2,1H3. The van der Waals surface area contributed by atoms with Gasteiger partial charge >= 0.3 is 5.97 Å². The second-order valence-electron chi connectivity index (χ2n) is 3.88. The molecule has 0 aromatic heterocycles. The third-order valence-corrected chi connectivity index (χ3v) is 3.56. The number of carbonyl (C=O) groups excluding carboxylic acids is 1. The van der Waals surface area contributed by atoms with Crippen molar-refractivity contribution in [1.29, 1.82) is 0 Å². The first-order chi connectivity index (χ1) is 7.22. The Bertz CT molecular complexity index is 226. The van der Waals surface area contributed by atoms with Gasteiger partial charge < -0.3 is 4.74 Å². The maximum atomic E-state index is 11.1. The van der Waals surface area contributed by atoms with E-state index in [2.05, 4.69) is 22.0 Å². The molecule has 0 heterocycles. The quantitative estimate of drug-likeness (QED) is 0.445. The van der Waals surface area contributed by atoms with Crippen LogP contribution in [0.4, 0.5) is 0 Å². The fourth-order valence-corrected chi connectivity index (χ4v) is 2.24. The molecule has 0 N–H and O–H groups in total. The number of hydrogen-bond donors (Lipinski definition) is 0. The fourth-order valence-electron chi connectivity index (χ4n) is 1.78. The van der Waals surface area contributed by atoms with E-state index < -0.39 is 0 Å². The highest BCUT2D eigenvalue weighted by Crippen LogP contribution is 2.28. The summed E-state index contributed by atoms with van der Waals surface area (Å²) in [6.07, 6.45) is 8.39. The van der Waals surface area contributed by atoms with E-state index in [9.17, 15) is 4.79 Å². The number of carbonyl (C=O) groups is 1. The normalized spacial score (nSPS) is 21.2. The summed E-state index contributed by atoms with van der Waals surface area (Å²) in [6.45, 7) is 2.33. The van der Waals surface area contributed by atoms with E-state index >= 15 is 0 Å². The van der Waals surface area contributed by atoms with Crippen molar-refractivity contribution in [3.05, 3.63) is 11.6 Å². The zero-order chi connectivity index (χ0) is 11.1. The number of esters is 1. The van der Waals surface area contributed by atoms with E-state index in [1.54, 1.807) is 0 Å². The van der Waals surface area contributed by atoms with Crippen molar-refractivity contribution in [2.75, 3.05) is 6.61 Å². The molecular formula is C12H19BrO2. The molecule has 0 bridgehead atoms. The first-order valence-corrected chi connectivity index (χ1v) is 6.61. The summed E-state index contributed by atoms with van der Waals surface area (Å²) in [6, 6.07) is 0. The molecule has 3 heteroatoms. The second kappa shape index (κ2) is 7.04. The van der Waals surface area contributed by atoms with Gasteiger partial charge in [-0.05, 0) is 39.0 Å². The Labute approximate surface area is 100 Å². The Balaban J connectivity index is 2.17. The van der Waals surface area contributed by atoms with Crippen molar-refractivity contribution in [3.8, 4) is 0 Å². The summed E-state index contributed by atoms with van der Waals surface area (Å²) in [5.74, 6) is -0.0801. The summed E-state index contributed by atoms with van der Waals surface area (Å²) in [7, 11) is 0. The summed E-state index contributed by atoms with van der Waals surface area (Å²) < 4.78 is 4.87. The molecule has 0 aromatic rings. The van der Waals surface area contributed by atoms with Crippen molar-refractivity contribution in [1.82, 2.24) is 0 Å². The topological polar surface area (TPSA) is 26.3 Å². The molecule has 2 nitrogen and oxygen atoms in total. The lowest BCUT2D eigenvalue weighted by molar-refractivity contribution is -0.142. The van der Waals surface area contributed by atoms with Gasteiger partial charge in [0.15, 0.2) is 0 Å². The summed E-state index contributed by atoms with van der Waals surface area (Å²) in [4.78, 5) is 11.8. The van der Waals surface area contributed by atoms with Crippen LogP contribution in [0.25, 0.3) is 0 Å². The van der Waals surface area contributed by atoms with Crippen LogP contribution in [0.3, 0.4) is 0 Å². The van der Waals surface area contributed by atoms with Gasteiger partial charge in [0.05, 0.1) is 6.61 Å². The lowest BCUT2D eigenvalue weighted by Crippen LogP contribution is -2.07. The number of allylic oxidation sites excluding steroid dienone is 2. The highest BCUT2D eigenvalue weighted by atomic mass is 79.9. The van der Waals surface area contributed by atoms with Gasteiger partial charge in [0.1, 0.15) is 0 Å². The van der Waals surface area contributed by atoms with E-state index in [1.807, 2.05) is 6.92 Å². The lowest BCUT2D eigenvalue weighted by atomic mass is 9.94. The van der Waals surface area contributed by atoms with Gasteiger partial charge in [-0.1, -0.05) is 27.6 Å². The van der Waals surface area contributed by atoms with Gasteiger partial charge in [-0.25, -0.2) is 0 Å². The highest BCUT2D eigenvalue weighted by molar-refractivity contribution is 9.09. The first-order valence-electron chi connectivity index (χ1n) is 5.70. The Kier molecular flexibility index (Phi) is 5.99. The molecular weight excluding hydrogens is 256 g/mol. The summed E-state index contributed by atoms with van der Waals surface area (Å²) >= 11 is 3.63. The van der Waals surface area contributed by atoms with Crippen molar-refractivity contribution < 1.29 is 9.53 Å². The molecule has 0 saturated heterocycles. The van der Waals surface area contributed by atoms with Crippen LogP contribution < -0.4 is 0 Å². The average molecular weight is 275 g/mol. The van der Waals surface area contributed by atoms with Crippen molar-refractivity contribution >= 4 is 21.9 Å². The fraction of sp³-hybridized carbons (Fsp3) is 0.750. The molecule has 0 aromatic carbocycles. The lowest BCUT2D eigenvalue weighted by Gasteiger charge is -2.18. The first kappa shape index (κ1) is 12.8. The van der Waals surface area contributed by atoms with E-state index in [4.69, 9.17) is 4.74 Å². The average Bonchev–Trinajstić information content (AvgIpc) is 2.21. The van der Waals surface area contributed by atoms with Gasteiger partial charge in [-0.15, -0.1) is 0 Å². The Hall–Kier alpha value is -0.310. The monoisotopic (exact) mass is 274 g/mol. The molecule has 15 heavy (non-hydrogen) atoms. The van der Waals surface area contributed by atoms with Crippen LogP contribution in [0.5, 0.6) is 0 Å². The van der Waals surface area contributed by atoms with E-state index in [-0.39, 0.29) is 5.97 Å². The second-order valence-corrected chi connectivity index (χ2v) is 5.18. The predicted molar refractivity (Wildman–Crippen MR) is 65.1 cm³/mol. The van der Waals surface area contributed by atoms with Gasteiger partial charge in [0, 0.05) is 11.2 Å². The van der Waals surface area contributed by atoms with Crippen LogP contribution >= 0.6 is 15.9 Å². The van der Waals surface area contributed by atoms with Crippen molar-refractivity contribution in [3.63, 3.8) is 0 Å². The van der Waals surface area contributed by atoms with Gasteiger partial charge in [0.25, 0.3) is 0 Å². The Morgan fingerprint density at radius 3 is 2.80 bits per heavy atom. The van der Waals surface area contributed by atoms with Crippen LogP contribution in [-0.2, 0) is 9.53 Å². The zero-order valence-electron chi connectivity index (χ0n) is 9.30. The molecule has 1 fully saturated rings. The van der Waals surface area contributed by atoms with E-state index in [0.29, 0.717) is 17.9 Å². The Morgan fingerprint density at radius 1 is 1.53 bits per heavy atom. The third kappa shape index (κ3) is 5.36. The van der Waals surface area contributed by atoms with Crippen molar-refractivity contribution in [2.24, 2.45) is 0 Å². The van der Waals surface area contributed by atoms with Gasteiger partial charge in [-0.3, -0.25) is 4.79 Å². The molecule has 0 aliphatic heterocycles. The van der Waals surface area contributed by atoms with Gasteiger partial charge in [0.2, 0.25) is 0 Å². The molecule has 1 rings (SSSR count). The smallest absolute Gasteiger partial charge is 0.306 e. The van der Waals surface area contributed by atoms with Crippen LogP contribution in [0.2, 0.25) is 0 Å². The largest absolute Gasteiger partial charge is 0.466 e. The molecule has 0 unspecified atom stereocenters. The number of rotatable bonds is 4. The predicted octanol–water partition coefficient (Wildman–Crippen LogP) is 3.59. The van der Waals surface area contributed by atoms with Crippen LogP contribution in [0, 0.1) is 0 Å². The third-order valence-electron chi connectivity index (χ3n) is 2.64. The minimum absolute atomic E-state index is 0.0801. The minimum atomic E-state index is -0.0801. The van der Waals surface area contributed by atoms with Crippen LogP contribution in [0.1, 0.15) is 45.4 Å². The molecule has 0 radical (unpaired) electrons. The summed E-state index contributed by atoms with van der Waals surface area (Å²) in [5, 5.41) is 0. The van der Waals surface area contributed by atoms with E-state index in [1.165, 1.54) is 31.3 Å². The molecule has 0 atom stereocenters. The number of halogens is 1. The maximum absolute atomic E-state index is 11.1. The summed E-state index contributed by atoms with van der Waals surface area (Å²) in [5.41, 5.74) is 1.51. The Morgan fingerprint density at radius 2 is 2.20 bits per heavy atom. The SMILES string of the molecule is CCOC(=O)CCC=C1CCC(Br)CC1. The molecule has 0 spiro atoms. The van der Waals surface area contributed by atoms with Crippen LogP contribution in [-0.4, -0.2) is 17.4 Å². The molecule has 86 valence electrons. The number of alkyl halides is 1. The van der Waals surface area contributed by atoms with Gasteiger partial charge in [-0.2, -0.15) is 0 Å². The zero-order valence-corrected chi connectivity index (χ0v) is 10.9. The number of hydrogen-bond acceptors (Lipinski definition) is 2. The van der Waals surface area contributed by atoms with Crippen LogP contribution in [0.15, 0.2) is 11.6 Å². The molecule has 0 amide bonds. The molecule has 1 aliphatic carbocycles. The molecule has 1 saturated carbocycles.